The van der Waals surface area contributed by atoms with Gasteiger partial charge in [-0.2, -0.15) is 0 Å². The Kier molecular flexibility index (Phi) is 12.4. The third kappa shape index (κ3) is 8.01. The van der Waals surface area contributed by atoms with Gasteiger partial charge in [0.25, 0.3) is 0 Å². The molecule has 2 aromatic carbocycles. The van der Waals surface area contributed by atoms with Crippen molar-refractivity contribution < 1.29 is 38.1 Å². The van der Waals surface area contributed by atoms with Gasteiger partial charge >= 0.3 is 23.9 Å². The van der Waals surface area contributed by atoms with E-state index in [1.165, 1.54) is 0 Å². The van der Waals surface area contributed by atoms with E-state index in [0.717, 1.165) is 76.3 Å². The van der Waals surface area contributed by atoms with Crippen LogP contribution in [0.1, 0.15) is 98.8 Å². The summed E-state index contributed by atoms with van der Waals surface area (Å²) >= 11 is 37.5. The Hall–Kier alpha value is -1.94. The first-order chi connectivity index (χ1) is 21.8. The molecule has 2 saturated carbocycles. The van der Waals surface area contributed by atoms with Crippen LogP contribution in [0, 0.1) is 10.8 Å². The van der Waals surface area contributed by atoms with E-state index in [1.807, 2.05) is 13.8 Å². The van der Waals surface area contributed by atoms with Crippen LogP contribution in [-0.4, -0.2) is 37.1 Å². The second-order valence-corrected chi connectivity index (χ2v) is 14.2. The molecule has 0 N–H and O–H groups in total. The molecular weight excluding hydrogens is 725 g/mol. The molecule has 4 rings (SSSR count). The van der Waals surface area contributed by atoms with Crippen molar-refractivity contribution in [2.24, 2.45) is 10.8 Å². The number of ether oxygens (including phenoxy) is 4. The number of carbonyl (C=O) groups is 4. The van der Waals surface area contributed by atoms with Gasteiger partial charge in [-0.05, 0) is 50.7 Å². The van der Waals surface area contributed by atoms with Crippen LogP contribution in [0.3, 0.4) is 0 Å². The molecular formula is C32H32Cl6O8. The van der Waals surface area contributed by atoms with Crippen molar-refractivity contribution in [1.82, 2.24) is 0 Å². The summed E-state index contributed by atoms with van der Waals surface area (Å²) in [6.07, 6.45) is 9.20. The average Bonchev–Trinajstić information content (AvgIpc) is 2.96. The van der Waals surface area contributed by atoms with E-state index in [4.69, 9.17) is 88.6 Å². The van der Waals surface area contributed by atoms with Gasteiger partial charge in [0, 0.05) is 10.8 Å². The van der Waals surface area contributed by atoms with Gasteiger partial charge in [0.15, 0.2) is 11.5 Å². The Labute approximate surface area is 297 Å². The Morgan fingerprint density at radius 2 is 0.957 bits per heavy atom. The van der Waals surface area contributed by atoms with Crippen LogP contribution >= 0.6 is 69.6 Å². The van der Waals surface area contributed by atoms with Crippen LogP contribution in [0.5, 0.6) is 11.5 Å². The SMILES string of the molecule is CCCC1(COC(=O)c2c(Cl)c(Cl)cc(Cl)c2OC(=O)C(=O)Oc2c(Cl)cc(Cl)c(Cl)c2C(=O)OCC2(CCC)CCC2)CCC1. The lowest BCUT2D eigenvalue weighted by atomic mass is 9.67. The van der Waals surface area contributed by atoms with Crippen molar-refractivity contribution in [3.63, 3.8) is 0 Å². The number of benzene rings is 2. The van der Waals surface area contributed by atoms with Crippen molar-refractivity contribution in [2.75, 3.05) is 13.2 Å². The van der Waals surface area contributed by atoms with E-state index < -0.39 is 46.5 Å². The van der Waals surface area contributed by atoms with Gasteiger partial charge < -0.3 is 18.9 Å². The highest BCUT2D eigenvalue weighted by molar-refractivity contribution is 6.47. The zero-order valence-electron chi connectivity index (χ0n) is 25.2. The molecule has 0 aromatic heterocycles. The molecule has 14 heteroatoms. The van der Waals surface area contributed by atoms with E-state index in [1.54, 1.807) is 0 Å². The van der Waals surface area contributed by atoms with E-state index >= 15 is 0 Å². The highest BCUT2D eigenvalue weighted by Crippen LogP contribution is 2.47. The minimum atomic E-state index is -1.63. The van der Waals surface area contributed by atoms with Gasteiger partial charge in [-0.15, -0.1) is 0 Å². The maximum Gasteiger partial charge on any atom is 0.423 e. The van der Waals surface area contributed by atoms with Gasteiger partial charge in [-0.25, -0.2) is 19.2 Å². The van der Waals surface area contributed by atoms with Gasteiger partial charge in [0.05, 0.1) is 43.3 Å². The molecule has 0 radical (unpaired) electrons. The molecule has 2 aromatic rings. The van der Waals surface area contributed by atoms with Crippen molar-refractivity contribution in [2.45, 2.75) is 78.1 Å². The van der Waals surface area contributed by atoms with Crippen molar-refractivity contribution in [3.8, 4) is 11.5 Å². The molecule has 0 atom stereocenters. The zero-order valence-corrected chi connectivity index (χ0v) is 29.7. The Morgan fingerprint density at radius 3 is 1.24 bits per heavy atom. The molecule has 2 fully saturated rings. The van der Waals surface area contributed by atoms with Crippen LogP contribution in [0.15, 0.2) is 12.1 Å². The minimum absolute atomic E-state index is 0.110. The second kappa shape index (κ2) is 15.5. The highest BCUT2D eigenvalue weighted by atomic mass is 35.5. The fourth-order valence-electron chi connectivity index (χ4n) is 5.92. The number of halogens is 6. The molecule has 0 saturated heterocycles. The summed E-state index contributed by atoms with van der Waals surface area (Å²) in [4.78, 5) is 52.5. The molecule has 0 unspecified atom stereocenters. The van der Waals surface area contributed by atoms with Crippen molar-refractivity contribution in [1.29, 1.82) is 0 Å². The Morgan fingerprint density at radius 1 is 0.609 bits per heavy atom. The van der Waals surface area contributed by atoms with Crippen molar-refractivity contribution >= 4 is 93.5 Å². The average molecular weight is 757 g/mol. The van der Waals surface area contributed by atoms with Gasteiger partial charge in [-0.1, -0.05) is 109 Å². The Bertz CT molecular complexity index is 1420. The zero-order chi connectivity index (χ0) is 33.8. The third-order valence-electron chi connectivity index (χ3n) is 8.63. The van der Waals surface area contributed by atoms with Gasteiger partial charge in [-0.3, -0.25) is 0 Å². The summed E-state index contributed by atoms with van der Waals surface area (Å²) in [5, 5.41) is -1.42. The van der Waals surface area contributed by atoms with Crippen LogP contribution in [-0.2, 0) is 19.1 Å². The lowest BCUT2D eigenvalue weighted by Crippen LogP contribution is -2.35. The van der Waals surface area contributed by atoms with Crippen LogP contribution < -0.4 is 9.47 Å². The molecule has 0 aliphatic heterocycles. The first-order valence-corrected chi connectivity index (χ1v) is 17.2. The normalized spacial score (nSPS) is 16.1. The standard InChI is InChI=1S/C32H32Cl6O8/c1-3-7-31(9-5-10-31)15-43-27(39)21-23(37)17(33)13-19(35)25(21)45-29(41)30(42)46-26-20(36)14-18(34)24(38)22(26)28(40)44-16-32(8-4-2)11-6-12-32/h13-14H,3-12,15-16H2,1-2H3. The van der Waals surface area contributed by atoms with Crippen LogP contribution in [0.2, 0.25) is 30.1 Å². The molecule has 2 aliphatic rings. The molecule has 46 heavy (non-hydrogen) atoms. The number of hydrogen-bond acceptors (Lipinski definition) is 8. The van der Waals surface area contributed by atoms with E-state index in [0.29, 0.717) is 0 Å². The molecule has 0 bridgehead atoms. The number of esters is 4. The summed E-state index contributed by atoms with van der Waals surface area (Å²) in [5.41, 5.74) is -1.18. The smallest absolute Gasteiger partial charge is 0.423 e. The molecule has 2 aliphatic carbocycles. The van der Waals surface area contributed by atoms with E-state index in [9.17, 15) is 19.2 Å². The third-order valence-corrected chi connectivity index (χ3v) is 10.8. The Balaban J connectivity index is 1.55. The van der Waals surface area contributed by atoms with Gasteiger partial charge in [0.2, 0.25) is 0 Å². The first-order valence-electron chi connectivity index (χ1n) is 14.9. The lowest BCUT2D eigenvalue weighted by Gasteiger charge is -2.41. The monoisotopic (exact) mass is 754 g/mol. The summed E-state index contributed by atoms with van der Waals surface area (Å²) in [5.74, 6) is -6.29. The van der Waals surface area contributed by atoms with Gasteiger partial charge in [0.1, 0.15) is 11.1 Å². The quantitative estimate of drug-likeness (QED) is 0.0912. The topological polar surface area (TPSA) is 105 Å². The van der Waals surface area contributed by atoms with E-state index in [-0.39, 0.29) is 54.2 Å². The summed E-state index contributed by atoms with van der Waals surface area (Å²) in [6.45, 7) is 4.32. The predicted octanol–water partition coefficient (Wildman–Crippen LogP) is 10.4. The predicted molar refractivity (Wildman–Crippen MR) is 177 cm³/mol. The number of rotatable bonds is 12. The second-order valence-electron chi connectivity index (χ2n) is 11.9. The summed E-state index contributed by atoms with van der Waals surface area (Å²) in [7, 11) is 0. The molecule has 0 spiro atoms. The van der Waals surface area contributed by atoms with Crippen LogP contribution in [0.4, 0.5) is 0 Å². The highest BCUT2D eigenvalue weighted by Gasteiger charge is 2.40. The number of carbonyl (C=O) groups excluding carboxylic acids is 4. The fraction of sp³-hybridized carbons (Fsp3) is 0.500. The molecule has 250 valence electrons. The minimum Gasteiger partial charge on any atom is -0.461 e. The van der Waals surface area contributed by atoms with Crippen LogP contribution in [0.25, 0.3) is 0 Å². The van der Waals surface area contributed by atoms with Crippen molar-refractivity contribution in [3.05, 3.63) is 53.4 Å². The molecule has 0 amide bonds. The fourth-order valence-corrected chi connectivity index (χ4v) is 7.36. The molecule has 0 heterocycles. The summed E-state index contributed by atoms with van der Waals surface area (Å²) < 4.78 is 21.6. The van der Waals surface area contributed by atoms with E-state index in [2.05, 4.69) is 0 Å². The maximum atomic E-state index is 13.2. The molecule has 8 nitrogen and oxygen atoms in total. The lowest BCUT2D eigenvalue weighted by molar-refractivity contribution is -0.156. The largest absolute Gasteiger partial charge is 0.461 e. The first kappa shape index (κ1) is 36.9. The summed E-state index contributed by atoms with van der Waals surface area (Å²) in [6, 6.07) is 2.27. The maximum absolute atomic E-state index is 13.2. The number of hydrogen-bond donors (Lipinski definition) is 0.